The van der Waals surface area contributed by atoms with Gasteiger partial charge >= 0.3 is 5.97 Å². The van der Waals surface area contributed by atoms with Crippen molar-refractivity contribution >= 4 is 23.7 Å². The second-order valence-electron chi connectivity index (χ2n) is 6.33. The van der Waals surface area contributed by atoms with Crippen LogP contribution in [0.15, 0.2) is 0 Å². The summed E-state index contributed by atoms with van der Waals surface area (Å²) in [7, 11) is 0. The van der Waals surface area contributed by atoms with Crippen LogP contribution in [0.1, 0.15) is 46.0 Å². The van der Waals surface area contributed by atoms with Crippen LogP contribution in [0.25, 0.3) is 0 Å². The molecule has 9 N–H and O–H groups in total. The molecule has 0 heterocycles. The number of carboxylic acid groups (broad SMARTS) is 1. The zero-order chi connectivity index (χ0) is 20.3. The van der Waals surface area contributed by atoms with Gasteiger partial charge in [-0.05, 0) is 31.7 Å². The third-order valence-corrected chi connectivity index (χ3v) is 4.11. The SMILES string of the molecule is CC[C@H](C)[C@H](NC(=O)[C@H](CCCCN)NC(=O)[C@@H](N)CC(N)=O)C(=O)O. The van der Waals surface area contributed by atoms with E-state index in [2.05, 4.69) is 10.6 Å². The number of amides is 3. The maximum atomic E-state index is 12.5. The number of rotatable bonds is 13. The molecule has 4 atom stereocenters. The fourth-order valence-electron chi connectivity index (χ4n) is 2.29. The second kappa shape index (κ2) is 12.2. The van der Waals surface area contributed by atoms with Crippen molar-refractivity contribution in [1.82, 2.24) is 10.6 Å². The lowest BCUT2D eigenvalue weighted by molar-refractivity contribution is -0.143. The van der Waals surface area contributed by atoms with Gasteiger partial charge in [-0.1, -0.05) is 20.3 Å². The summed E-state index contributed by atoms with van der Waals surface area (Å²) in [5.74, 6) is -3.49. The number of primary amides is 1. The van der Waals surface area contributed by atoms with E-state index in [4.69, 9.17) is 17.2 Å². The maximum absolute atomic E-state index is 12.5. The third kappa shape index (κ3) is 8.77. The monoisotopic (exact) mass is 373 g/mol. The van der Waals surface area contributed by atoms with Crippen LogP contribution in [0.5, 0.6) is 0 Å². The highest BCUT2D eigenvalue weighted by Crippen LogP contribution is 2.09. The quantitative estimate of drug-likeness (QED) is 0.210. The molecule has 10 heteroatoms. The van der Waals surface area contributed by atoms with Crippen molar-refractivity contribution in [3.8, 4) is 0 Å². The standard InChI is InChI=1S/C16H31N5O5/c1-3-9(2)13(16(25)26)21-15(24)11(6-4-5-7-17)20-14(23)10(18)8-12(19)22/h9-11,13H,3-8,17-18H2,1-2H3,(H2,19,22)(H,20,23)(H,21,24)(H,25,26)/t9-,10-,11-,13-/m0/s1. The summed E-state index contributed by atoms with van der Waals surface area (Å²) in [5.41, 5.74) is 16.0. The van der Waals surface area contributed by atoms with E-state index in [-0.39, 0.29) is 18.8 Å². The lowest BCUT2D eigenvalue weighted by atomic mass is 9.98. The first-order valence-electron chi connectivity index (χ1n) is 8.71. The molecule has 0 aliphatic carbocycles. The predicted octanol–water partition coefficient (Wildman–Crippen LogP) is -1.58. The summed E-state index contributed by atoms with van der Waals surface area (Å²) >= 11 is 0. The molecule has 0 fully saturated rings. The van der Waals surface area contributed by atoms with Crippen LogP contribution in [-0.4, -0.2) is 53.5 Å². The summed E-state index contributed by atoms with van der Waals surface area (Å²) in [6, 6.07) is -3.22. The Labute approximate surface area is 153 Å². The van der Waals surface area contributed by atoms with Gasteiger partial charge in [-0.3, -0.25) is 14.4 Å². The molecule has 10 nitrogen and oxygen atoms in total. The lowest BCUT2D eigenvalue weighted by Gasteiger charge is -2.25. The van der Waals surface area contributed by atoms with Gasteiger partial charge in [0.05, 0.1) is 12.5 Å². The summed E-state index contributed by atoms with van der Waals surface area (Å²) < 4.78 is 0. The Kier molecular flexibility index (Phi) is 11.2. The van der Waals surface area contributed by atoms with Crippen LogP contribution in [0.2, 0.25) is 0 Å². The van der Waals surface area contributed by atoms with Gasteiger partial charge < -0.3 is 32.9 Å². The molecule has 3 amide bonds. The Bertz CT molecular complexity index is 499. The van der Waals surface area contributed by atoms with Crippen LogP contribution in [0.3, 0.4) is 0 Å². The molecule has 0 spiro atoms. The molecule has 150 valence electrons. The number of hydrogen-bond donors (Lipinski definition) is 6. The summed E-state index contributed by atoms with van der Waals surface area (Å²) in [6.45, 7) is 3.95. The summed E-state index contributed by atoms with van der Waals surface area (Å²) in [4.78, 5) is 46.8. The number of carboxylic acids is 1. The fourth-order valence-corrected chi connectivity index (χ4v) is 2.29. The van der Waals surface area contributed by atoms with Gasteiger partial charge in [0.15, 0.2) is 0 Å². The summed E-state index contributed by atoms with van der Waals surface area (Å²) in [5, 5.41) is 14.2. The first-order chi connectivity index (χ1) is 12.1. The molecule has 0 aliphatic rings. The third-order valence-electron chi connectivity index (χ3n) is 4.11. The maximum Gasteiger partial charge on any atom is 0.326 e. The molecular formula is C16H31N5O5. The van der Waals surface area contributed by atoms with Crippen LogP contribution in [-0.2, 0) is 19.2 Å². The van der Waals surface area contributed by atoms with Crippen LogP contribution >= 0.6 is 0 Å². The van der Waals surface area contributed by atoms with Crippen molar-refractivity contribution in [2.75, 3.05) is 6.54 Å². The number of nitrogens with one attached hydrogen (secondary N) is 2. The minimum Gasteiger partial charge on any atom is -0.480 e. The van der Waals surface area contributed by atoms with E-state index in [0.29, 0.717) is 25.8 Å². The number of carbonyl (C=O) groups is 4. The van der Waals surface area contributed by atoms with E-state index >= 15 is 0 Å². The lowest BCUT2D eigenvalue weighted by Crippen LogP contribution is -2.55. The zero-order valence-corrected chi connectivity index (χ0v) is 15.4. The number of aliphatic carboxylic acids is 1. The normalized spacial score (nSPS) is 15.4. The van der Waals surface area contributed by atoms with Gasteiger partial charge in [0, 0.05) is 0 Å². The minimum atomic E-state index is -1.18. The van der Waals surface area contributed by atoms with Crippen molar-refractivity contribution in [2.24, 2.45) is 23.1 Å². The highest BCUT2D eigenvalue weighted by molar-refractivity contribution is 5.93. The summed E-state index contributed by atoms with van der Waals surface area (Å²) in [6.07, 6.45) is 1.67. The van der Waals surface area contributed by atoms with Gasteiger partial charge in [-0.2, -0.15) is 0 Å². The Morgan fingerprint density at radius 1 is 1.08 bits per heavy atom. The van der Waals surface area contributed by atoms with Crippen LogP contribution in [0, 0.1) is 5.92 Å². The van der Waals surface area contributed by atoms with E-state index < -0.39 is 41.8 Å². The molecule has 0 aromatic carbocycles. The Balaban J connectivity index is 5.08. The Hall–Kier alpha value is -2.20. The van der Waals surface area contributed by atoms with Crippen molar-refractivity contribution < 1.29 is 24.3 Å². The minimum absolute atomic E-state index is 0.269. The van der Waals surface area contributed by atoms with E-state index in [1.54, 1.807) is 6.92 Å². The first kappa shape index (κ1) is 23.8. The molecule has 0 unspecified atom stereocenters. The van der Waals surface area contributed by atoms with Gasteiger partial charge in [0.1, 0.15) is 12.1 Å². The van der Waals surface area contributed by atoms with E-state index in [1.807, 2.05) is 6.92 Å². The molecule has 0 saturated carbocycles. The molecular weight excluding hydrogens is 342 g/mol. The highest BCUT2D eigenvalue weighted by atomic mass is 16.4. The first-order valence-corrected chi connectivity index (χ1v) is 8.71. The van der Waals surface area contributed by atoms with E-state index in [1.165, 1.54) is 0 Å². The van der Waals surface area contributed by atoms with Crippen LogP contribution < -0.4 is 27.8 Å². The van der Waals surface area contributed by atoms with Crippen molar-refractivity contribution in [3.05, 3.63) is 0 Å². The van der Waals surface area contributed by atoms with Crippen molar-refractivity contribution in [3.63, 3.8) is 0 Å². The average molecular weight is 373 g/mol. The smallest absolute Gasteiger partial charge is 0.326 e. The molecule has 0 bridgehead atoms. The number of carbonyl (C=O) groups excluding carboxylic acids is 3. The second-order valence-corrected chi connectivity index (χ2v) is 6.33. The van der Waals surface area contributed by atoms with Crippen molar-refractivity contribution in [1.29, 1.82) is 0 Å². The van der Waals surface area contributed by atoms with Gasteiger partial charge in [0.25, 0.3) is 0 Å². The fraction of sp³-hybridized carbons (Fsp3) is 0.750. The number of unbranched alkanes of at least 4 members (excludes halogenated alkanes) is 1. The zero-order valence-electron chi connectivity index (χ0n) is 15.4. The highest BCUT2D eigenvalue weighted by Gasteiger charge is 2.30. The van der Waals surface area contributed by atoms with Gasteiger partial charge in [0.2, 0.25) is 17.7 Å². The van der Waals surface area contributed by atoms with Crippen molar-refractivity contribution in [2.45, 2.75) is 64.1 Å². The number of hydrogen-bond acceptors (Lipinski definition) is 6. The van der Waals surface area contributed by atoms with E-state index in [9.17, 15) is 24.3 Å². The molecule has 0 saturated heterocycles. The Morgan fingerprint density at radius 2 is 1.69 bits per heavy atom. The predicted molar refractivity (Wildman–Crippen MR) is 95.6 cm³/mol. The average Bonchev–Trinajstić information content (AvgIpc) is 2.56. The van der Waals surface area contributed by atoms with E-state index in [0.717, 1.165) is 0 Å². The molecule has 0 radical (unpaired) electrons. The molecule has 0 aliphatic heterocycles. The molecule has 26 heavy (non-hydrogen) atoms. The molecule has 0 aromatic rings. The van der Waals surface area contributed by atoms with Crippen LogP contribution in [0.4, 0.5) is 0 Å². The topological polar surface area (TPSA) is 191 Å². The molecule has 0 rings (SSSR count). The molecule has 0 aromatic heterocycles. The Morgan fingerprint density at radius 3 is 2.15 bits per heavy atom. The van der Waals surface area contributed by atoms with Gasteiger partial charge in [-0.15, -0.1) is 0 Å². The number of nitrogens with two attached hydrogens (primary N) is 3. The largest absolute Gasteiger partial charge is 0.480 e. The van der Waals surface area contributed by atoms with Gasteiger partial charge in [-0.25, -0.2) is 4.79 Å².